The molecule has 0 bridgehead atoms. The molecule has 0 unspecified atom stereocenters. The third-order valence-corrected chi connectivity index (χ3v) is 5.22. The van der Waals surface area contributed by atoms with Crippen molar-refractivity contribution in [3.8, 4) is 11.3 Å². The van der Waals surface area contributed by atoms with Gasteiger partial charge in [-0.1, -0.05) is 54.6 Å². The van der Waals surface area contributed by atoms with Crippen LogP contribution in [-0.2, 0) is 6.54 Å². The summed E-state index contributed by atoms with van der Waals surface area (Å²) < 4.78 is 29.2. The number of fused-ring (bicyclic) bond motifs is 2. The number of aromatic nitrogens is 2. The normalized spacial score (nSPS) is 11.3. The lowest BCUT2D eigenvalue weighted by Crippen LogP contribution is -2.17. The van der Waals surface area contributed by atoms with Crippen LogP contribution in [0.5, 0.6) is 0 Å². The summed E-state index contributed by atoms with van der Waals surface area (Å²) in [5.74, 6) is -1.28. The van der Waals surface area contributed by atoms with Gasteiger partial charge in [0.1, 0.15) is 17.3 Å². The fraction of sp³-hybridized carbons (Fsp3) is 0.0400. The Kier molecular flexibility index (Phi) is 4.36. The highest BCUT2D eigenvalue weighted by atomic mass is 19.1. The second kappa shape index (κ2) is 7.19. The first kappa shape index (κ1) is 18.2. The van der Waals surface area contributed by atoms with E-state index in [1.807, 2.05) is 42.5 Å². The van der Waals surface area contributed by atoms with Crippen LogP contribution >= 0.6 is 0 Å². The van der Waals surface area contributed by atoms with Gasteiger partial charge in [-0.3, -0.25) is 9.48 Å². The smallest absolute Gasteiger partial charge is 0.215 e. The Hall–Kier alpha value is -3.86. The maximum absolute atomic E-state index is 14.3. The predicted molar refractivity (Wildman–Crippen MR) is 114 cm³/mol. The highest BCUT2D eigenvalue weighted by Gasteiger charge is 2.14. The summed E-state index contributed by atoms with van der Waals surface area (Å²) >= 11 is 0. The molecule has 0 radical (unpaired) electrons. The van der Waals surface area contributed by atoms with Crippen LogP contribution in [0.25, 0.3) is 32.9 Å². The largest absolute Gasteiger partial charge is 0.287 e. The molecule has 4 aromatic carbocycles. The van der Waals surface area contributed by atoms with Gasteiger partial charge in [-0.05, 0) is 35.0 Å². The molecule has 0 aliphatic carbocycles. The zero-order valence-corrected chi connectivity index (χ0v) is 15.8. The first-order chi connectivity index (χ1) is 14.6. The van der Waals surface area contributed by atoms with E-state index in [2.05, 4.69) is 5.10 Å². The lowest BCUT2D eigenvalue weighted by molar-refractivity contribution is 0.560. The Morgan fingerprint density at radius 3 is 2.40 bits per heavy atom. The molecule has 5 aromatic rings. The van der Waals surface area contributed by atoms with Gasteiger partial charge in [0.05, 0.1) is 12.1 Å². The third kappa shape index (κ3) is 3.14. The molecule has 0 atom stereocenters. The maximum atomic E-state index is 14.3. The fourth-order valence-electron chi connectivity index (χ4n) is 3.70. The van der Waals surface area contributed by atoms with E-state index in [9.17, 15) is 13.6 Å². The second-order valence-corrected chi connectivity index (χ2v) is 7.15. The quantitative estimate of drug-likeness (QED) is 0.400. The summed E-state index contributed by atoms with van der Waals surface area (Å²) in [7, 11) is 0. The second-order valence-electron chi connectivity index (χ2n) is 7.15. The monoisotopic (exact) mass is 398 g/mol. The van der Waals surface area contributed by atoms with E-state index in [4.69, 9.17) is 0 Å². The highest BCUT2D eigenvalue weighted by molar-refractivity contribution is 5.88. The van der Waals surface area contributed by atoms with Gasteiger partial charge >= 0.3 is 0 Å². The molecule has 0 saturated heterocycles. The maximum Gasteiger partial charge on any atom is 0.215 e. The third-order valence-electron chi connectivity index (χ3n) is 5.22. The molecular formula is C25H16F2N2O. The van der Waals surface area contributed by atoms with E-state index in [1.54, 1.807) is 28.9 Å². The zero-order chi connectivity index (χ0) is 20.7. The molecular weight excluding hydrogens is 382 g/mol. The standard InChI is InChI=1S/C25H16F2N2O/c26-20-12-11-19(22(27)14-20)15-29-23-8-4-3-7-21(23)25(30)24(28-29)18-10-9-16-5-1-2-6-17(16)13-18/h1-14H,15H2. The van der Waals surface area contributed by atoms with Gasteiger partial charge in [0.25, 0.3) is 0 Å². The van der Waals surface area contributed by atoms with Gasteiger partial charge in [0.2, 0.25) is 5.43 Å². The summed E-state index contributed by atoms with van der Waals surface area (Å²) in [6, 6.07) is 24.2. The zero-order valence-electron chi connectivity index (χ0n) is 15.8. The molecule has 0 N–H and O–H groups in total. The van der Waals surface area contributed by atoms with Crippen LogP contribution in [0.1, 0.15) is 5.56 Å². The SMILES string of the molecule is O=c1c(-c2ccc3ccccc3c2)nn(Cc2ccc(F)cc2F)c2ccccc12. The number of para-hydroxylation sites is 1. The minimum absolute atomic E-state index is 0.0769. The molecule has 0 aliphatic heterocycles. The van der Waals surface area contributed by atoms with Crippen molar-refractivity contribution in [2.75, 3.05) is 0 Å². The summed E-state index contributed by atoms with van der Waals surface area (Å²) in [4.78, 5) is 13.2. The molecule has 1 aromatic heterocycles. The van der Waals surface area contributed by atoms with Gasteiger partial charge in [0, 0.05) is 22.6 Å². The molecule has 0 fully saturated rings. The summed E-state index contributed by atoms with van der Waals surface area (Å²) in [6.07, 6.45) is 0. The van der Waals surface area contributed by atoms with Crippen molar-refractivity contribution in [2.45, 2.75) is 6.54 Å². The Morgan fingerprint density at radius 1 is 0.800 bits per heavy atom. The van der Waals surface area contributed by atoms with Crippen molar-refractivity contribution in [2.24, 2.45) is 0 Å². The molecule has 1 heterocycles. The molecule has 5 rings (SSSR count). The molecule has 30 heavy (non-hydrogen) atoms. The van der Waals surface area contributed by atoms with Crippen molar-refractivity contribution in [3.05, 3.63) is 112 Å². The van der Waals surface area contributed by atoms with Crippen LogP contribution in [0.15, 0.2) is 89.7 Å². The number of hydrogen-bond donors (Lipinski definition) is 0. The van der Waals surface area contributed by atoms with Crippen LogP contribution in [0.4, 0.5) is 8.78 Å². The van der Waals surface area contributed by atoms with Crippen molar-refractivity contribution in [1.29, 1.82) is 0 Å². The van der Waals surface area contributed by atoms with Crippen LogP contribution in [0.2, 0.25) is 0 Å². The molecule has 0 amide bonds. The summed E-state index contributed by atoms with van der Waals surface area (Å²) in [5, 5.41) is 7.14. The van der Waals surface area contributed by atoms with Gasteiger partial charge in [-0.15, -0.1) is 0 Å². The Morgan fingerprint density at radius 2 is 1.57 bits per heavy atom. The number of halogens is 2. The molecule has 5 heteroatoms. The van der Waals surface area contributed by atoms with Gasteiger partial charge < -0.3 is 0 Å². The van der Waals surface area contributed by atoms with E-state index < -0.39 is 11.6 Å². The van der Waals surface area contributed by atoms with Crippen molar-refractivity contribution in [1.82, 2.24) is 9.78 Å². The van der Waals surface area contributed by atoms with Crippen LogP contribution in [-0.4, -0.2) is 9.78 Å². The first-order valence-corrected chi connectivity index (χ1v) is 9.53. The Balaban J connectivity index is 1.72. The van der Waals surface area contributed by atoms with Gasteiger partial charge in [-0.2, -0.15) is 5.10 Å². The average molecular weight is 398 g/mol. The fourth-order valence-corrected chi connectivity index (χ4v) is 3.70. The Bertz CT molecular complexity index is 1470. The van der Waals surface area contributed by atoms with Gasteiger partial charge in [-0.25, -0.2) is 8.78 Å². The predicted octanol–water partition coefficient (Wildman–Crippen LogP) is 5.54. The molecule has 0 spiro atoms. The van der Waals surface area contributed by atoms with E-state index in [1.165, 1.54) is 12.1 Å². The van der Waals surface area contributed by atoms with Crippen molar-refractivity contribution >= 4 is 21.7 Å². The lowest BCUT2D eigenvalue weighted by Gasteiger charge is -2.13. The summed E-state index contributed by atoms with van der Waals surface area (Å²) in [6.45, 7) is 0.0769. The lowest BCUT2D eigenvalue weighted by atomic mass is 10.0. The van der Waals surface area contributed by atoms with Crippen LogP contribution in [0, 0.1) is 11.6 Å². The number of hydrogen-bond acceptors (Lipinski definition) is 2. The summed E-state index contributed by atoms with van der Waals surface area (Å²) in [5.41, 5.74) is 1.69. The average Bonchev–Trinajstić information content (AvgIpc) is 2.77. The first-order valence-electron chi connectivity index (χ1n) is 9.53. The van der Waals surface area contributed by atoms with Gasteiger partial charge in [0.15, 0.2) is 0 Å². The van der Waals surface area contributed by atoms with Crippen LogP contribution < -0.4 is 5.43 Å². The number of rotatable bonds is 3. The Labute approximate surface area is 170 Å². The van der Waals surface area contributed by atoms with Crippen LogP contribution in [0.3, 0.4) is 0 Å². The molecule has 146 valence electrons. The topological polar surface area (TPSA) is 34.9 Å². The molecule has 3 nitrogen and oxygen atoms in total. The molecule has 0 aliphatic rings. The minimum atomic E-state index is -0.646. The minimum Gasteiger partial charge on any atom is -0.287 e. The number of benzene rings is 4. The highest BCUT2D eigenvalue weighted by Crippen LogP contribution is 2.23. The molecule has 0 saturated carbocycles. The van der Waals surface area contributed by atoms with E-state index in [0.29, 0.717) is 27.7 Å². The van der Waals surface area contributed by atoms with E-state index in [-0.39, 0.29) is 12.0 Å². The number of nitrogens with zero attached hydrogens (tertiary/aromatic N) is 2. The van der Waals surface area contributed by atoms with Crippen molar-refractivity contribution in [3.63, 3.8) is 0 Å². The van der Waals surface area contributed by atoms with E-state index >= 15 is 0 Å². The van der Waals surface area contributed by atoms with Crippen molar-refractivity contribution < 1.29 is 8.78 Å². The van der Waals surface area contributed by atoms with E-state index in [0.717, 1.165) is 16.8 Å².